The Balaban J connectivity index is 2.48. The molecule has 20 heavy (non-hydrogen) atoms. The van der Waals surface area contributed by atoms with Gasteiger partial charge < -0.3 is 15.2 Å². The van der Waals surface area contributed by atoms with Crippen molar-refractivity contribution in [2.45, 2.75) is 10.7 Å². The summed E-state index contributed by atoms with van der Waals surface area (Å²) in [7, 11) is 0. The fourth-order valence-electron chi connectivity index (χ4n) is 1.34. The van der Waals surface area contributed by atoms with Crippen LogP contribution < -0.4 is 5.32 Å². The normalized spacial score (nSPS) is 10.6. The van der Waals surface area contributed by atoms with Crippen molar-refractivity contribution in [1.82, 2.24) is 5.32 Å². The number of carboxylic acid groups (broad SMARTS) is 1. The molecular weight excluding hydrogens is 292 g/mol. The number of benzene rings is 1. The molecule has 0 aliphatic rings. The second kappa shape index (κ2) is 8.49. The highest BCUT2D eigenvalue weighted by Crippen LogP contribution is 2.28. The van der Waals surface area contributed by atoms with Crippen molar-refractivity contribution in [2.24, 2.45) is 0 Å². The molecule has 0 aliphatic heterocycles. The van der Waals surface area contributed by atoms with Crippen LogP contribution in [0.5, 0.6) is 0 Å². The van der Waals surface area contributed by atoms with Crippen molar-refractivity contribution in [3.63, 3.8) is 0 Å². The maximum absolute atomic E-state index is 12.3. The Morgan fingerprint density at radius 3 is 2.70 bits per heavy atom. The van der Waals surface area contributed by atoms with E-state index in [-0.39, 0.29) is 23.6 Å². The first-order valence-corrected chi connectivity index (χ1v) is 6.50. The first-order chi connectivity index (χ1) is 9.50. The topological polar surface area (TPSA) is 75.6 Å². The SMILES string of the molecule is O=C(O)COCCNC(=O)c1ccccc1SC(F)F. The lowest BCUT2D eigenvalue weighted by Crippen LogP contribution is -2.28. The van der Waals surface area contributed by atoms with Gasteiger partial charge in [0.15, 0.2) is 0 Å². The van der Waals surface area contributed by atoms with E-state index in [1.54, 1.807) is 12.1 Å². The average Bonchev–Trinajstić information content (AvgIpc) is 2.37. The van der Waals surface area contributed by atoms with E-state index < -0.39 is 24.2 Å². The van der Waals surface area contributed by atoms with Crippen LogP contribution in [0, 0.1) is 0 Å². The minimum Gasteiger partial charge on any atom is -0.480 e. The van der Waals surface area contributed by atoms with E-state index in [1.165, 1.54) is 12.1 Å². The standard InChI is InChI=1S/C12H13F2NO4S/c13-12(14)20-9-4-2-1-3-8(9)11(18)15-5-6-19-7-10(16)17/h1-4,12H,5-7H2,(H,15,18)(H,16,17). The van der Waals surface area contributed by atoms with Gasteiger partial charge in [0.25, 0.3) is 11.7 Å². The van der Waals surface area contributed by atoms with Gasteiger partial charge in [-0.25, -0.2) is 4.79 Å². The lowest BCUT2D eigenvalue weighted by atomic mass is 10.2. The molecule has 0 aliphatic carbocycles. The van der Waals surface area contributed by atoms with Crippen LogP contribution in [0.2, 0.25) is 0 Å². The number of hydrogen-bond donors (Lipinski definition) is 2. The van der Waals surface area contributed by atoms with E-state index in [1.807, 2.05) is 0 Å². The third-order valence-corrected chi connectivity index (χ3v) is 2.89. The van der Waals surface area contributed by atoms with Gasteiger partial charge in [-0.15, -0.1) is 0 Å². The fraction of sp³-hybridized carbons (Fsp3) is 0.333. The first kappa shape index (κ1) is 16.4. The Morgan fingerprint density at radius 1 is 1.35 bits per heavy atom. The molecule has 1 rings (SSSR count). The highest BCUT2D eigenvalue weighted by Gasteiger charge is 2.14. The quantitative estimate of drug-likeness (QED) is 0.566. The van der Waals surface area contributed by atoms with Crippen LogP contribution in [0.3, 0.4) is 0 Å². The molecule has 0 aromatic heterocycles. The Kier molecular flexibility index (Phi) is 6.96. The molecule has 1 aromatic carbocycles. The fourth-order valence-corrected chi connectivity index (χ4v) is 1.98. The van der Waals surface area contributed by atoms with Gasteiger partial charge >= 0.3 is 5.97 Å². The van der Waals surface area contributed by atoms with Crippen molar-refractivity contribution < 1.29 is 28.2 Å². The zero-order valence-corrected chi connectivity index (χ0v) is 11.2. The third kappa shape index (κ3) is 5.98. The number of nitrogens with one attached hydrogen (secondary N) is 1. The Morgan fingerprint density at radius 2 is 2.05 bits per heavy atom. The molecular formula is C12H13F2NO4S. The molecule has 1 amide bonds. The number of thioether (sulfide) groups is 1. The molecule has 0 saturated carbocycles. The number of carbonyl (C=O) groups is 2. The molecule has 0 heterocycles. The predicted molar refractivity (Wildman–Crippen MR) is 69.1 cm³/mol. The van der Waals surface area contributed by atoms with E-state index in [0.29, 0.717) is 11.8 Å². The summed E-state index contributed by atoms with van der Waals surface area (Å²) in [5, 5.41) is 10.8. The molecule has 0 unspecified atom stereocenters. The molecule has 0 bridgehead atoms. The maximum atomic E-state index is 12.3. The van der Waals surface area contributed by atoms with Gasteiger partial charge in [-0.05, 0) is 12.1 Å². The van der Waals surface area contributed by atoms with E-state index in [2.05, 4.69) is 5.32 Å². The molecule has 5 nitrogen and oxygen atoms in total. The molecule has 0 radical (unpaired) electrons. The Bertz CT molecular complexity index is 471. The second-order valence-electron chi connectivity index (χ2n) is 3.58. The van der Waals surface area contributed by atoms with E-state index >= 15 is 0 Å². The van der Waals surface area contributed by atoms with Gasteiger partial charge in [-0.3, -0.25) is 4.79 Å². The average molecular weight is 305 g/mol. The summed E-state index contributed by atoms with van der Waals surface area (Å²) >= 11 is 0.298. The molecule has 2 N–H and O–H groups in total. The summed E-state index contributed by atoms with van der Waals surface area (Å²) in [5.41, 5.74) is 0.149. The van der Waals surface area contributed by atoms with Crippen LogP contribution in [-0.4, -0.2) is 42.5 Å². The zero-order chi connectivity index (χ0) is 15.0. The molecule has 8 heteroatoms. The molecule has 0 atom stereocenters. The Labute approximate surface area is 118 Å². The Hall–Kier alpha value is -1.67. The lowest BCUT2D eigenvalue weighted by Gasteiger charge is -2.09. The molecule has 0 spiro atoms. The summed E-state index contributed by atoms with van der Waals surface area (Å²) < 4.78 is 29.4. The number of carbonyl (C=O) groups excluding carboxylic acids is 1. The van der Waals surface area contributed by atoms with Crippen LogP contribution in [0.4, 0.5) is 8.78 Å². The van der Waals surface area contributed by atoms with Crippen LogP contribution in [-0.2, 0) is 9.53 Å². The van der Waals surface area contributed by atoms with Crippen LogP contribution in [0.1, 0.15) is 10.4 Å². The van der Waals surface area contributed by atoms with Crippen molar-refractivity contribution in [3.8, 4) is 0 Å². The molecule has 0 fully saturated rings. The van der Waals surface area contributed by atoms with Gasteiger partial charge in [-0.2, -0.15) is 8.78 Å². The monoisotopic (exact) mass is 305 g/mol. The summed E-state index contributed by atoms with van der Waals surface area (Å²) in [5.74, 6) is -4.22. The smallest absolute Gasteiger partial charge is 0.329 e. The largest absolute Gasteiger partial charge is 0.480 e. The number of ether oxygens (including phenoxy) is 1. The second-order valence-corrected chi connectivity index (χ2v) is 4.61. The van der Waals surface area contributed by atoms with Crippen molar-refractivity contribution in [1.29, 1.82) is 0 Å². The van der Waals surface area contributed by atoms with Crippen LogP contribution in [0.15, 0.2) is 29.2 Å². The number of alkyl halides is 2. The van der Waals surface area contributed by atoms with E-state index in [4.69, 9.17) is 9.84 Å². The molecule has 110 valence electrons. The summed E-state index contributed by atoms with van der Waals surface area (Å²) in [6.45, 7) is -0.324. The van der Waals surface area contributed by atoms with Gasteiger partial charge in [0.05, 0.1) is 12.2 Å². The van der Waals surface area contributed by atoms with Crippen molar-refractivity contribution in [2.75, 3.05) is 19.8 Å². The number of amides is 1. The molecule has 1 aromatic rings. The maximum Gasteiger partial charge on any atom is 0.329 e. The van der Waals surface area contributed by atoms with Crippen LogP contribution in [0.25, 0.3) is 0 Å². The summed E-state index contributed by atoms with van der Waals surface area (Å²) in [6, 6.07) is 6.02. The van der Waals surface area contributed by atoms with Gasteiger partial charge in [0.2, 0.25) is 0 Å². The number of hydrogen-bond acceptors (Lipinski definition) is 4. The highest BCUT2D eigenvalue weighted by atomic mass is 32.2. The minimum atomic E-state index is -2.61. The van der Waals surface area contributed by atoms with Crippen LogP contribution >= 0.6 is 11.8 Å². The van der Waals surface area contributed by atoms with E-state index in [0.717, 1.165) is 0 Å². The summed E-state index contributed by atoms with van der Waals surface area (Å²) in [6.07, 6.45) is 0. The number of halogens is 2. The third-order valence-electron chi connectivity index (χ3n) is 2.11. The van der Waals surface area contributed by atoms with Crippen molar-refractivity contribution >= 4 is 23.6 Å². The minimum absolute atomic E-state index is 0.0300. The number of aliphatic carboxylic acids is 1. The summed E-state index contributed by atoms with van der Waals surface area (Å²) in [4.78, 5) is 22.2. The zero-order valence-electron chi connectivity index (χ0n) is 10.3. The predicted octanol–water partition coefficient (Wildman–Crippen LogP) is 1.83. The highest BCUT2D eigenvalue weighted by molar-refractivity contribution is 7.99. The van der Waals surface area contributed by atoms with E-state index in [9.17, 15) is 18.4 Å². The molecule has 0 saturated heterocycles. The first-order valence-electron chi connectivity index (χ1n) is 5.62. The lowest BCUT2D eigenvalue weighted by molar-refractivity contribution is -0.142. The number of rotatable bonds is 8. The van der Waals surface area contributed by atoms with Crippen molar-refractivity contribution in [3.05, 3.63) is 29.8 Å². The van der Waals surface area contributed by atoms with Gasteiger partial charge in [0, 0.05) is 11.4 Å². The van der Waals surface area contributed by atoms with Gasteiger partial charge in [0.1, 0.15) is 6.61 Å². The van der Waals surface area contributed by atoms with Gasteiger partial charge in [-0.1, -0.05) is 23.9 Å². The number of carboxylic acids is 1.